The van der Waals surface area contributed by atoms with Gasteiger partial charge in [-0.2, -0.15) is 0 Å². The molecule has 1 saturated heterocycles. The second kappa shape index (κ2) is 5.64. The zero-order valence-corrected chi connectivity index (χ0v) is 9.78. The molecule has 92 valence electrons. The van der Waals surface area contributed by atoms with Crippen LogP contribution in [0.5, 0.6) is 0 Å². The first-order valence-corrected chi connectivity index (χ1v) is 6.38. The highest BCUT2D eigenvalue weighted by molar-refractivity contribution is 5.79. The van der Waals surface area contributed by atoms with E-state index in [2.05, 4.69) is 5.32 Å². The molecule has 1 aliphatic carbocycles. The van der Waals surface area contributed by atoms with Crippen LogP contribution in [0.1, 0.15) is 32.1 Å². The van der Waals surface area contributed by atoms with E-state index in [9.17, 15) is 4.79 Å². The van der Waals surface area contributed by atoms with Gasteiger partial charge in [0.2, 0.25) is 5.91 Å². The van der Waals surface area contributed by atoms with Gasteiger partial charge in [0.25, 0.3) is 0 Å². The second-order valence-electron chi connectivity index (χ2n) is 5.03. The summed E-state index contributed by atoms with van der Waals surface area (Å²) in [6, 6.07) is 0.0719. The van der Waals surface area contributed by atoms with Gasteiger partial charge in [-0.3, -0.25) is 4.79 Å². The molecule has 2 aliphatic rings. The highest BCUT2D eigenvalue weighted by atomic mass is 16.5. The van der Waals surface area contributed by atoms with Gasteiger partial charge in [0.15, 0.2) is 0 Å². The number of carbonyl (C=O) groups excluding carboxylic acids is 1. The van der Waals surface area contributed by atoms with E-state index >= 15 is 0 Å². The molecule has 2 rings (SSSR count). The van der Waals surface area contributed by atoms with Gasteiger partial charge in [0, 0.05) is 19.2 Å². The minimum Gasteiger partial charge on any atom is -0.381 e. The van der Waals surface area contributed by atoms with Gasteiger partial charge in [0.1, 0.15) is 0 Å². The Morgan fingerprint density at radius 2 is 2.19 bits per heavy atom. The van der Waals surface area contributed by atoms with Gasteiger partial charge in [-0.1, -0.05) is 6.42 Å². The van der Waals surface area contributed by atoms with E-state index in [1.54, 1.807) is 0 Å². The molecule has 0 bridgehead atoms. The fourth-order valence-electron chi connectivity index (χ4n) is 2.66. The lowest BCUT2D eigenvalue weighted by atomic mass is 10.0. The molecule has 1 heterocycles. The number of nitrogens with one attached hydrogen (secondary N) is 1. The maximum Gasteiger partial charge on any atom is 0.224 e. The largest absolute Gasteiger partial charge is 0.381 e. The van der Waals surface area contributed by atoms with Crippen LogP contribution in [0.15, 0.2) is 0 Å². The summed E-state index contributed by atoms with van der Waals surface area (Å²) in [5.74, 6) is 0.690. The smallest absolute Gasteiger partial charge is 0.224 e. The Hall–Kier alpha value is -0.610. The Balaban J connectivity index is 1.70. The van der Waals surface area contributed by atoms with E-state index in [-0.39, 0.29) is 17.9 Å². The van der Waals surface area contributed by atoms with Crippen LogP contribution in [0.4, 0.5) is 0 Å². The van der Waals surface area contributed by atoms with Crippen molar-refractivity contribution in [2.75, 3.05) is 19.8 Å². The number of hydrogen-bond donors (Lipinski definition) is 2. The van der Waals surface area contributed by atoms with Crippen LogP contribution in [0.3, 0.4) is 0 Å². The minimum absolute atomic E-state index is 0.0458. The standard InChI is InChI=1S/C12H22N2O2/c13-11-5-1-4-10(11)12(15)14-7-9-3-2-6-16-8-9/h9-11H,1-8,13H2,(H,14,15). The zero-order chi connectivity index (χ0) is 11.4. The summed E-state index contributed by atoms with van der Waals surface area (Å²) in [6.07, 6.45) is 5.31. The molecule has 2 fully saturated rings. The number of nitrogens with two attached hydrogens (primary N) is 1. The average Bonchev–Trinajstić information content (AvgIpc) is 2.74. The van der Waals surface area contributed by atoms with Crippen LogP contribution in [-0.2, 0) is 9.53 Å². The number of hydrogen-bond acceptors (Lipinski definition) is 3. The molecule has 0 radical (unpaired) electrons. The lowest BCUT2D eigenvalue weighted by molar-refractivity contribution is -0.125. The summed E-state index contributed by atoms with van der Waals surface area (Å²) in [6.45, 7) is 2.41. The van der Waals surface area contributed by atoms with Crippen molar-refractivity contribution >= 4 is 5.91 Å². The molecule has 16 heavy (non-hydrogen) atoms. The van der Waals surface area contributed by atoms with Crippen LogP contribution < -0.4 is 11.1 Å². The van der Waals surface area contributed by atoms with Gasteiger partial charge >= 0.3 is 0 Å². The molecule has 1 saturated carbocycles. The number of carbonyl (C=O) groups is 1. The average molecular weight is 226 g/mol. The predicted octanol–water partition coefficient (Wildman–Crippen LogP) is 0.657. The Bertz CT molecular complexity index is 239. The summed E-state index contributed by atoms with van der Waals surface area (Å²) in [7, 11) is 0. The number of amides is 1. The number of ether oxygens (including phenoxy) is 1. The van der Waals surface area contributed by atoms with Crippen LogP contribution >= 0.6 is 0 Å². The molecule has 4 heteroatoms. The van der Waals surface area contributed by atoms with E-state index in [0.717, 1.165) is 51.9 Å². The molecule has 3 unspecified atom stereocenters. The van der Waals surface area contributed by atoms with E-state index in [0.29, 0.717) is 5.92 Å². The minimum atomic E-state index is 0.0458. The van der Waals surface area contributed by atoms with Crippen LogP contribution in [0.2, 0.25) is 0 Å². The molecular weight excluding hydrogens is 204 g/mol. The topological polar surface area (TPSA) is 64.4 Å². The van der Waals surface area contributed by atoms with Crippen molar-refractivity contribution in [3.8, 4) is 0 Å². The molecule has 3 N–H and O–H groups in total. The summed E-state index contributed by atoms with van der Waals surface area (Å²) in [4.78, 5) is 11.9. The Morgan fingerprint density at radius 3 is 2.81 bits per heavy atom. The first kappa shape index (κ1) is 11.9. The first-order chi connectivity index (χ1) is 7.77. The van der Waals surface area contributed by atoms with Gasteiger partial charge < -0.3 is 15.8 Å². The maximum atomic E-state index is 11.9. The molecule has 0 spiro atoms. The van der Waals surface area contributed by atoms with Crippen molar-refractivity contribution in [2.45, 2.75) is 38.1 Å². The van der Waals surface area contributed by atoms with Crippen molar-refractivity contribution in [1.82, 2.24) is 5.32 Å². The SMILES string of the molecule is NC1CCCC1C(=O)NCC1CCCOC1. The summed E-state index contributed by atoms with van der Waals surface area (Å²) in [5, 5.41) is 3.03. The molecule has 3 atom stereocenters. The van der Waals surface area contributed by atoms with Crippen LogP contribution in [0.25, 0.3) is 0 Å². The molecule has 1 aliphatic heterocycles. The van der Waals surface area contributed by atoms with E-state index in [1.165, 1.54) is 0 Å². The first-order valence-electron chi connectivity index (χ1n) is 6.38. The van der Waals surface area contributed by atoms with Gasteiger partial charge in [-0.15, -0.1) is 0 Å². The zero-order valence-electron chi connectivity index (χ0n) is 9.78. The molecule has 4 nitrogen and oxygen atoms in total. The monoisotopic (exact) mass is 226 g/mol. The molecule has 0 aromatic heterocycles. The fraction of sp³-hybridized carbons (Fsp3) is 0.917. The van der Waals surface area contributed by atoms with Crippen molar-refractivity contribution in [1.29, 1.82) is 0 Å². The summed E-state index contributed by atoms with van der Waals surface area (Å²) < 4.78 is 5.38. The lowest BCUT2D eigenvalue weighted by Gasteiger charge is -2.23. The third kappa shape index (κ3) is 2.95. The van der Waals surface area contributed by atoms with Crippen LogP contribution in [-0.4, -0.2) is 31.7 Å². The molecule has 0 aromatic carbocycles. The Kier molecular flexibility index (Phi) is 4.18. The number of rotatable bonds is 3. The van der Waals surface area contributed by atoms with Crippen molar-refractivity contribution in [2.24, 2.45) is 17.6 Å². The quantitative estimate of drug-likeness (QED) is 0.743. The fourth-order valence-corrected chi connectivity index (χ4v) is 2.66. The van der Waals surface area contributed by atoms with Crippen molar-refractivity contribution < 1.29 is 9.53 Å². The highest BCUT2D eigenvalue weighted by Gasteiger charge is 2.30. The third-order valence-corrected chi connectivity index (χ3v) is 3.73. The van der Waals surface area contributed by atoms with E-state index in [1.807, 2.05) is 0 Å². The van der Waals surface area contributed by atoms with Crippen molar-refractivity contribution in [3.63, 3.8) is 0 Å². The van der Waals surface area contributed by atoms with Gasteiger partial charge in [-0.05, 0) is 31.6 Å². The summed E-state index contributed by atoms with van der Waals surface area (Å²) in [5.41, 5.74) is 5.90. The highest BCUT2D eigenvalue weighted by Crippen LogP contribution is 2.24. The molecule has 0 aromatic rings. The van der Waals surface area contributed by atoms with Gasteiger partial charge in [0.05, 0.1) is 12.5 Å². The molecule has 1 amide bonds. The van der Waals surface area contributed by atoms with Crippen molar-refractivity contribution in [3.05, 3.63) is 0 Å². The maximum absolute atomic E-state index is 11.9. The normalized spacial score (nSPS) is 34.9. The Labute approximate surface area is 96.9 Å². The van der Waals surface area contributed by atoms with E-state index in [4.69, 9.17) is 10.5 Å². The van der Waals surface area contributed by atoms with E-state index < -0.39 is 0 Å². The Morgan fingerprint density at radius 1 is 1.31 bits per heavy atom. The molecular formula is C12H22N2O2. The third-order valence-electron chi connectivity index (χ3n) is 3.73. The van der Waals surface area contributed by atoms with Gasteiger partial charge in [-0.25, -0.2) is 0 Å². The lowest BCUT2D eigenvalue weighted by Crippen LogP contribution is -2.41. The predicted molar refractivity (Wildman–Crippen MR) is 61.9 cm³/mol. The van der Waals surface area contributed by atoms with Crippen LogP contribution in [0, 0.1) is 11.8 Å². The summed E-state index contributed by atoms with van der Waals surface area (Å²) >= 11 is 0. The second-order valence-corrected chi connectivity index (χ2v) is 5.03.